The van der Waals surface area contributed by atoms with Crippen molar-refractivity contribution >= 4 is 11.7 Å². The van der Waals surface area contributed by atoms with Crippen LogP contribution in [0.2, 0.25) is 0 Å². The zero-order valence-corrected chi connectivity index (χ0v) is 18.6. The Morgan fingerprint density at radius 2 is 1.85 bits per heavy atom. The van der Waals surface area contributed by atoms with E-state index in [9.17, 15) is 24.5 Å². The van der Waals surface area contributed by atoms with E-state index in [0.717, 1.165) is 15.3 Å². The van der Waals surface area contributed by atoms with E-state index in [2.05, 4.69) is 0 Å². The Labute approximate surface area is 193 Å². The van der Waals surface area contributed by atoms with Gasteiger partial charge in [0.05, 0.1) is 30.4 Å². The molecule has 34 heavy (non-hydrogen) atoms. The van der Waals surface area contributed by atoms with Crippen LogP contribution in [0.3, 0.4) is 0 Å². The molecule has 0 spiro atoms. The van der Waals surface area contributed by atoms with Gasteiger partial charge in [0.2, 0.25) is 0 Å². The van der Waals surface area contributed by atoms with Crippen LogP contribution in [0.1, 0.15) is 28.4 Å². The van der Waals surface area contributed by atoms with Crippen LogP contribution in [0.15, 0.2) is 58.3 Å². The van der Waals surface area contributed by atoms with Crippen molar-refractivity contribution in [3.05, 3.63) is 96.3 Å². The van der Waals surface area contributed by atoms with Gasteiger partial charge in [0.25, 0.3) is 11.2 Å². The highest BCUT2D eigenvalue weighted by Crippen LogP contribution is 2.21. The summed E-state index contributed by atoms with van der Waals surface area (Å²) in [7, 11) is 0. The average Bonchev–Trinajstić information content (AvgIpc) is 2.82. The number of aliphatic hydroxyl groups is 1. The fourth-order valence-electron chi connectivity index (χ4n) is 3.35. The van der Waals surface area contributed by atoms with Crippen molar-refractivity contribution in [2.24, 2.45) is 0 Å². The summed E-state index contributed by atoms with van der Waals surface area (Å²) >= 11 is 0. The number of benzene rings is 2. The van der Waals surface area contributed by atoms with E-state index < -0.39 is 22.1 Å². The van der Waals surface area contributed by atoms with Crippen LogP contribution in [0.5, 0.6) is 5.75 Å². The second-order valence-electron chi connectivity index (χ2n) is 7.19. The van der Waals surface area contributed by atoms with Crippen molar-refractivity contribution in [3.8, 4) is 11.4 Å². The SMILES string of the molecule is CCOC(=O)c1cn(-c2ccc(OCCO)cc2)c(=O)n(Cc2cccc([N+](=O)[O-])c2C)c1=O. The van der Waals surface area contributed by atoms with Crippen molar-refractivity contribution in [2.45, 2.75) is 20.4 Å². The number of carbonyl (C=O) groups excluding carboxylic acids is 1. The topological polar surface area (TPSA) is 143 Å². The maximum Gasteiger partial charge on any atom is 0.345 e. The summed E-state index contributed by atoms with van der Waals surface area (Å²) in [5.74, 6) is -0.439. The minimum Gasteiger partial charge on any atom is -0.491 e. The van der Waals surface area contributed by atoms with E-state index in [4.69, 9.17) is 14.6 Å². The van der Waals surface area contributed by atoms with Gasteiger partial charge in [-0.25, -0.2) is 9.59 Å². The van der Waals surface area contributed by atoms with Crippen molar-refractivity contribution in [3.63, 3.8) is 0 Å². The molecule has 0 unspecified atom stereocenters. The standard InChI is InChI=1S/C23H23N3O8/c1-3-33-22(29)19-14-24(17-7-9-18(10-8-17)34-12-11-27)23(30)25(21(19)28)13-16-5-4-6-20(15(16)2)26(31)32/h4-10,14,27H,3,11-13H2,1-2H3. The number of ether oxygens (including phenoxy) is 2. The van der Waals surface area contributed by atoms with Crippen LogP contribution in [-0.2, 0) is 11.3 Å². The Morgan fingerprint density at radius 3 is 2.47 bits per heavy atom. The number of esters is 1. The number of aliphatic hydroxyl groups excluding tert-OH is 1. The molecule has 0 radical (unpaired) electrons. The van der Waals surface area contributed by atoms with Crippen LogP contribution in [0, 0.1) is 17.0 Å². The molecule has 11 nitrogen and oxygen atoms in total. The van der Waals surface area contributed by atoms with Crippen molar-refractivity contribution in [1.29, 1.82) is 0 Å². The van der Waals surface area contributed by atoms with Gasteiger partial charge in [-0.3, -0.25) is 24.0 Å². The maximum atomic E-state index is 13.3. The molecule has 178 valence electrons. The molecule has 0 aliphatic carbocycles. The van der Waals surface area contributed by atoms with Gasteiger partial charge in [-0.2, -0.15) is 0 Å². The smallest absolute Gasteiger partial charge is 0.345 e. The van der Waals surface area contributed by atoms with E-state index >= 15 is 0 Å². The number of rotatable bonds is 9. The molecule has 0 aliphatic heterocycles. The molecule has 3 rings (SSSR count). The highest BCUT2D eigenvalue weighted by molar-refractivity contribution is 5.88. The molecular weight excluding hydrogens is 446 g/mol. The number of hydrogen-bond acceptors (Lipinski definition) is 8. The number of nitrogens with zero attached hydrogens (tertiary/aromatic N) is 3. The number of nitro groups is 1. The first kappa shape index (κ1) is 24.4. The largest absolute Gasteiger partial charge is 0.491 e. The summed E-state index contributed by atoms with van der Waals surface area (Å²) in [6, 6.07) is 10.6. The second kappa shape index (κ2) is 10.6. The third kappa shape index (κ3) is 5.04. The number of aromatic nitrogens is 2. The van der Waals surface area contributed by atoms with Gasteiger partial charge in [0.1, 0.15) is 17.9 Å². The van der Waals surface area contributed by atoms with E-state index in [1.54, 1.807) is 37.3 Å². The van der Waals surface area contributed by atoms with Gasteiger partial charge in [0.15, 0.2) is 0 Å². The van der Waals surface area contributed by atoms with Crippen LogP contribution >= 0.6 is 0 Å². The predicted molar refractivity (Wildman–Crippen MR) is 122 cm³/mol. The summed E-state index contributed by atoms with van der Waals surface area (Å²) in [5.41, 5.74) is -1.08. The van der Waals surface area contributed by atoms with Crippen LogP contribution in [0.25, 0.3) is 5.69 Å². The zero-order chi connectivity index (χ0) is 24.8. The lowest BCUT2D eigenvalue weighted by atomic mass is 10.1. The van der Waals surface area contributed by atoms with Crippen molar-refractivity contribution in [2.75, 3.05) is 19.8 Å². The molecule has 2 aromatic carbocycles. The minimum atomic E-state index is -0.895. The number of nitro benzene ring substituents is 1. The Morgan fingerprint density at radius 1 is 1.15 bits per heavy atom. The molecular formula is C23H23N3O8. The van der Waals surface area contributed by atoms with Gasteiger partial charge >= 0.3 is 11.7 Å². The van der Waals surface area contributed by atoms with Gasteiger partial charge in [0, 0.05) is 17.8 Å². The van der Waals surface area contributed by atoms with E-state index in [1.165, 1.54) is 19.1 Å². The number of hydrogen-bond donors (Lipinski definition) is 1. The molecule has 1 N–H and O–H groups in total. The first-order chi connectivity index (χ1) is 16.3. The lowest BCUT2D eigenvalue weighted by Crippen LogP contribution is -2.42. The molecule has 1 heterocycles. The highest BCUT2D eigenvalue weighted by atomic mass is 16.6. The maximum absolute atomic E-state index is 13.3. The fraction of sp³-hybridized carbons (Fsp3) is 0.261. The molecule has 0 bridgehead atoms. The van der Waals surface area contributed by atoms with E-state index in [1.807, 2.05) is 0 Å². The van der Waals surface area contributed by atoms with Gasteiger partial charge < -0.3 is 14.6 Å². The number of carbonyl (C=O) groups is 1. The molecule has 0 saturated heterocycles. The summed E-state index contributed by atoms with van der Waals surface area (Å²) in [6.07, 6.45) is 1.11. The van der Waals surface area contributed by atoms with Crippen LogP contribution < -0.4 is 16.0 Å². The third-order valence-electron chi connectivity index (χ3n) is 5.08. The first-order valence-electron chi connectivity index (χ1n) is 10.4. The summed E-state index contributed by atoms with van der Waals surface area (Å²) < 4.78 is 12.3. The Bertz CT molecular complexity index is 1330. The molecule has 11 heteroatoms. The quantitative estimate of drug-likeness (QED) is 0.284. The normalized spacial score (nSPS) is 10.7. The second-order valence-corrected chi connectivity index (χ2v) is 7.19. The minimum absolute atomic E-state index is 0.0261. The van der Waals surface area contributed by atoms with Crippen LogP contribution in [0.4, 0.5) is 5.69 Å². The molecule has 3 aromatic rings. The lowest BCUT2D eigenvalue weighted by Gasteiger charge is -2.14. The average molecular weight is 469 g/mol. The summed E-state index contributed by atoms with van der Waals surface area (Å²) in [5, 5.41) is 20.2. The Kier molecular flexibility index (Phi) is 7.59. The molecule has 1 aromatic heterocycles. The third-order valence-corrected chi connectivity index (χ3v) is 5.08. The van der Waals surface area contributed by atoms with Crippen molar-refractivity contribution < 1.29 is 24.3 Å². The Balaban J connectivity index is 2.16. The van der Waals surface area contributed by atoms with E-state index in [0.29, 0.717) is 22.6 Å². The lowest BCUT2D eigenvalue weighted by molar-refractivity contribution is -0.385. The highest BCUT2D eigenvalue weighted by Gasteiger charge is 2.21. The van der Waals surface area contributed by atoms with Gasteiger partial charge in [-0.1, -0.05) is 12.1 Å². The summed E-state index contributed by atoms with van der Waals surface area (Å²) in [4.78, 5) is 49.6. The first-order valence-corrected chi connectivity index (χ1v) is 10.4. The summed E-state index contributed by atoms with van der Waals surface area (Å²) in [6.45, 7) is 2.79. The van der Waals surface area contributed by atoms with Crippen LogP contribution in [-0.4, -0.2) is 45.0 Å². The zero-order valence-electron chi connectivity index (χ0n) is 18.6. The molecule has 0 amide bonds. The Hall–Kier alpha value is -4.25. The molecule has 0 saturated carbocycles. The monoisotopic (exact) mass is 469 g/mol. The van der Waals surface area contributed by atoms with Gasteiger partial charge in [-0.15, -0.1) is 0 Å². The van der Waals surface area contributed by atoms with Crippen molar-refractivity contribution in [1.82, 2.24) is 9.13 Å². The predicted octanol–water partition coefficient (Wildman–Crippen LogP) is 1.81. The van der Waals surface area contributed by atoms with E-state index in [-0.39, 0.29) is 37.6 Å². The fourth-order valence-corrected chi connectivity index (χ4v) is 3.35. The molecule has 0 fully saturated rings. The molecule has 0 atom stereocenters. The van der Waals surface area contributed by atoms with Gasteiger partial charge in [-0.05, 0) is 43.7 Å². The molecule has 0 aliphatic rings.